The number of ketones is 1. The molecular formula is C17H10ClN2O5-. The average Bonchev–Trinajstić information content (AvgIpc) is 2.91. The highest BCUT2D eigenvalue weighted by atomic mass is 35.5. The minimum Gasteiger partial charge on any atom is -0.550 e. The van der Waals surface area contributed by atoms with Gasteiger partial charge in [-0.05, 0) is 29.8 Å². The van der Waals surface area contributed by atoms with Gasteiger partial charge < -0.3 is 14.9 Å². The number of nitro benzene ring substituents is 1. The van der Waals surface area contributed by atoms with Crippen molar-refractivity contribution in [2.24, 2.45) is 0 Å². The smallest absolute Gasteiger partial charge is 0.269 e. The van der Waals surface area contributed by atoms with Crippen LogP contribution in [0.3, 0.4) is 0 Å². The van der Waals surface area contributed by atoms with Crippen molar-refractivity contribution in [2.75, 3.05) is 0 Å². The highest BCUT2D eigenvalue weighted by Gasteiger charge is 2.20. The molecule has 7 nitrogen and oxygen atoms in total. The Morgan fingerprint density at radius 1 is 1.12 bits per heavy atom. The van der Waals surface area contributed by atoms with Crippen molar-refractivity contribution in [2.45, 2.75) is 6.42 Å². The van der Waals surface area contributed by atoms with E-state index in [4.69, 9.17) is 11.6 Å². The van der Waals surface area contributed by atoms with E-state index in [9.17, 15) is 24.8 Å². The Kier molecular flexibility index (Phi) is 4.24. The van der Waals surface area contributed by atoms with Gasteiger partial charge in [-0.25, -0.2) is 0 Å². The topological polar surface area (TPSA) is 116 Å². The number of carbonyl (C=O) groups excluding carboxylic acids is 2. The monoisotopic (exact) mass is 357 g/mol. The lowest BCUT2D eigenvalue weighted by Crippen LogP contribution is -2.25. The van der Waals surface area contributed by atoms with Gasteiger partial charge >= 0.3 is 0 Å². The lowest BCUT2D eigenvalue weighted by Gasteiger charge is -2.05. The van der Waals surface area contributed by atoms with Crippen LogP contribution in [0.2, 0.25) is 5.02 Å². The largest absolute Gasteiger partial charge is 0.550 e. The lowest BCUT2D eigenvalue weighted by atomic mass is 10.0. The van der Waals surface area contributed by atoms with Crippen LogP contribution in [0, 0.1) is 10.1 Å². The maximum atomic E-state index is 12.7. The van der Waals surface area contributed by atoms with Gasteiger partial charge in [0.15, 0.2) is 0 Å². The van der Waals surface area contributed by atoms with Crippen molar-refractivity contribution in [3.05, 3.63) is 74.4 Å². The first kappa shape index (κ1) is 16.7. The Balaban J connectivity index is 2.11. The third-order valence-electron chi connectivity index (χ3n) is 3.76. The van der Waals surface area contributed by atoms with Gasteiger partial charge in [-0.3, -0.25) is 14.9 Å². The van der Waals surface area contributed by atoms with E-state index in [-0.39, 0.29) is 22.5 Å². The molecule has 3 aromatic rings. The van der Waals surface area contributed by atoms with Crippen molar-refractivity contribution in [3.63, 3.8) is 0 Å². The molecule has 3 rings (SSSR count). The molecule has 126 valence electrons. The molecule has 25 heavy (non-hydrogen) atoms. The lowest BCUT2D eigenvalue weighted by molar-refractivity contribution is -0.384. The van der Waals surface area contributed by atoms with E-state index in [1.54, 1.807) is 18.2 Å². The second-order valence-corrected chi connectivity index (χ2v) is 5.79. The van der Waals surface area contributed by atoms with E-state index in [0.29, 0.717) is 15.9 Å². The molecule has 2 aromatic carbocycles. The number of nitrogens with one attached hydrogen (secondary N) is 1. The number of non-ortho nitro benzene ring substituents is 1. The molecule has 0 aliphatic heterocycles. The predicted octanol–water partition coefficient (Wildman–Crippen LogP) is 2.25. The number of nitrogens with zero attached hydrogens (tertiary/aromatic N) is 1. The number of aliphatic carboxylic acids is 1. The quantitative estimate of drug-likeness (QED) is 0.427. The third-order valence-corrected chi connectivity index (χ3v) is 3.99. The number of H-pyrrole nitrogens is 1. The van der Waals surface area contributed by atoms with Crippen molar-refractivity contribution >= 4 is 39.9 Å². The number of benzene rings is 2. The van der Waals surface area contributed by atoms with Gasteiger partial charge in [-0.2, -0.15) is 0 Å². The summed E-state index contributed by atoms with van der Waals surface area (Å²) in [4.78, 5) is 36.8. The van der Waals surface area contributed by atoms with E-state index >= 15 is 0 Å². The van der Waals surface area contributed by atoms with E-state index in [2.05, 4.69) is 4.98 Å². The predicted molar refractivity (Wildman–Crippen MR) is 88.5 cm³/mol. The third kappa shape index (κ3) is 3.22. The van der Waals surface area contributed by atoms with Crippen LogP contribution in [0.1, 0.15) is 21.6 Å². The zero-order valence-corrected chi connectivity index (χ0v) is 13.4. The van der Waals surface area contributed by atoms with Crippen molar-refractivity contribution in [3.8, 4) is 0 Å². The van der Waals surface area contributed by atoms with Crippen LogP contribution in [-0.4, -0.2) is 21.7 Å². The molecule has 0 bridgehead atoms. The van der Waals surface area contributed by atoms with E-state index in [1.165, 1.54) is 24.3 Å². The number of fused-ring (bicyclic) bond motifs is 1. The minimum atomic E-state index is -1.33. The van der Waals surface area contributed by atoms with Gasteiger partial charge in [0.05, 0.1) is 10.6 Å². The molecule has 1 N–H and O–H groups in total. The van der Waals surface area contributed by atoms with Crippen LogP contribution in [0.25, 0.3) is 10.9 Å². The molecule has 0 aliphatic carbocycles. The molecule has 0 atom stereocenters. The Bertz CT molecular complexity index is 1010. The second-order valence-electron chi connectivity index (χ2n) is 5.35. The number of hydrogen-bond acceptors (Lipinski definition) is 5. The van der Waals surface area contributed by atoms with Crippen LogP contribution < -0.4 is 5.11 Å². The molecule has 0 spiro atoms. The standard InChI is InChI=1S/C17H11ClN2O5/c18-10-3-6-12-13(8-15(21)22)16(19-14(12)7-10)17(23)9-1-4-11(5-2-9)20(24)25/h1-7,19H,8H2,(H,21,22)/p-1. The summed E-state index contributed by atoms with van der Waals surface area (Å²) in [7, 11) is 0. The summed E-state index contributed by atoms with van der Waals surface area (Å²) in [5, 5.41) is 22.8. The van der Waals surface area contributed by atoms with Gasteiger partial charge in [0.25, 0.3) is 5.69 Å². The molecule has 0 saturated carbocycles. The number of nitro groups is 1. The maximum absolute atomic E-state index is 12.7. The van der Waals surface area contributed by atoms with Gasteiger partial charge in [0.1, 0.15) is 0 Å². The van der Waals surface area contributed by atoms with Crippen LogP contribution in [0.4, 0.5) is 5.69 Å². The summed E-state index contributed by atoms with van der Waals surface area (Å²) < 4.78 is 0. The molecule has 1 heterocycles. The van der Waals surface area contributed by atoms with Gasteiger partial charge in [0.2, 0.25) is 5.78 Å². The number of carbonyl (C=O) groups is 2. The van der Waals surface area contributed by atoms with E-state index in [1.807, 2.05) is 0 Å². The first-order valence-corrected chi connectivity index (χ1v) is 7.53. The van der Waals surface area contributed by atoms with Gasteiger partial charge in [-0.15, -0.1) is 0 Å². The Morgan fingerprint density at radius 3 is 2.40 bits per heavy atom. The molecule has 8 heteroatoms. The number of rotatable bonds is 5. The zero-order chi connectivity index (χ0) is 18.1. The Labute approximate surface area is 146 Å². The summed E-state index contributed by atoms with van der Waals surface area (Å²) in [6, 6.07) is 9.87. The normalized spacial score (nSPS) is 10.8. The van der Waals surface area contributed by atoms with Crippen molar-refractivity contribution in [1.82, 2.24) is 4.98 Å². The van der Waals surface area contributed by atoms with Crippen LogP contribution in [-0.2, 0) is 11.2 Å². The number of hydrogen-bond donors (Lipinski definition) is 1. The summed E-state index contributed by atoms with van der Waals surface area (Å²) in [5.74, 6) is -1.80. The molecule has 0 unspecified atom stereocenters. The molecule has 0 saturated heterocycles. The number of carboxylic acid groups (broad SMARTS) is 1. The van der Waals surface area contributed by atoms with E-state index < -0.39 is 23.1 Å². The Hall–Kier alpha value is -3.19. The molecule has 1 aromatic heterocycles. The van der Waals surface area contributed by atoms with Crippen LogP contribution in [0.5, 0.6) is 0 Å². The maximum Gasteiger partial charge on any atom is 0.269 e. The van der Waals surface area contributed by atoms with Gasteiger partial charge in [0, 0.05) is 46.0 Å². The number of carboxylic acids is 1. The fraction of sp³-hybridized carbons (Fsp3) is 0.0588. The fourth-order valence-electron chi connectivity index (χ4n) is 2.63. The van der Waals surface area contributed by atoms with Gasteiger partial charge in [-0.1, -0.05) is 17.7 Å². The SMILES string of the molecule is O=C([O-])Cc1c(C(=O)c2ccc([N+](=O)[O-])cc2)[nH]c2cc(Cl)ccc12. The number of aromatic amines is 1. The molecule has 0 aliphatic rings. The summed E-state index contributed by atoms with van der Waals surface area (Å²) >= 11 is 5.93. The molecule has 0 amide bonds. The second kappa shape index (κ2) is 6.37. The Morgan fingerprint density at radius 2 is 1.80 bits per heavy atom. The zero-order valence-electron chi connectivity index (χ0n) is 12.6. The highest BCUT2D eigenvalue weighted by molar-refractivity contribution is 6.31. The van der Waals surface area contributed by atoms with Crippen LogP contribution in [0.15, 0.2) is 42.5 Å². The molecule has 0 fully saturated rings. The van der Waals surface area contributed by atoms with Crippen molar-refractivity contribution in [1.29, 1.82) is 0 Å². The summed E-state index contributed by atoms with van der Waals surface area (Å²) in [6.45, 7) is 0. The number of aromatic nitrogens is 1. The minimum absolute atomic E-state index is 0.0929. The summed E-state index contributed by atoms with van der Waals surface area (Å²) in [5.41, 5.74) is 0.956. The van der Waals surface area contributed by atoms with E-state index in [0.717, 1.165) is 0 Å². The highest BCUT2D eigenvalue weighted by Crippen LogP contribution is 2.27. The summed E-state index contributed by atoms with van der Waals surface area (Å²) in [6.07, 6.45) is -0.449. The number of halogens is 1. The average molecular weight is 358 g/mol. The first-order valence-electron chi connectivity index (χ1n) is 7.16. The van der Waals surface area contributed by atoms with Crippen LogP contribution >= 0.6 is 11.6 Å². The van der Waals surface area contributed by atoms with Crippen molar-refractivity contribution < 1.29 is 19.6 Å². The molecule has 0 radical (unpaired) electrons. The molecular weight excluding hydrogens is 348 g/mol. The first-order chi connectivity index (χ1) is 11.9. The fourth-order valence-corrected chi connectivity index (χ4v) is 2.80.